The van der Waals surface area contributed by atoms with Crippen molar-refractivity contribution in [2.75, 3.05) is 6.54 Å². The molecule has 6 rings (SSSR count). The first-order valence-corrected chi connectivity index (χ1v) is 15.7. The number of carbonyl (C=O) groups is 5. The van der Waals surface area contributed by atoms with E-state index in [0.29, 0.717) is 24.0 Å². The highest BCUT2D eigenvalue weighted by Crippen LogP contribution is 2.45. The van der Waals surface area contributed by atoms with Gasteiger partial charge in [-0.1, -0.05) is 18.2 Å². The zero-order valence-corrected chi connectivity index (χ0v) is 23.9. The standard InChI is InChI=1S/C28H31FN4O9S/c1-2-16-11-28(16,26(37)31-43(39,40)18-6-7-18)30-24(35)21-10-17(13-33(21)25(36)22-8-9-23(34)42-22)41-27(38)32-12-15-4-3-5-20(29)19(15)14-32/h2-5,16-18,21-22H,1,6-14H2,(H,30,35)(H,31,37)/t16?,17?,21-,22-,28+/m0/s1. The molecule has 5 aliphatic rings. The fourth-order valence-corrected chi connectivity index (χ4v) is 7.37. The Bertz CT molecular complexity index is 1530. The summed E-state index contributed by atoms with van der Waals surface area (Å²) in [5.74, 6) is -3.82. The third-order valence-corrected chi connectivity index (χ3v) is 10.5. The third kappa shape index (κ3) is 5.45. The Morgan fingerprint density at radius 1 is 1.16 bits per heavy atom. The minimum atomic E-state index is -3.89. The monoisotopic (exact) mass is 618 g/mol. The second-order valence-corrected chi connectivity index (χ2v) is 13.6. The van der Waals surface area contributed by atoms with Gasteiger partial charge >= 0.3 is 12.1 Å². The molecule has 0 aromatic heterocycles. The van der Waals surface area contributed by atoms with Gasteiger partial charge in [-0.05, 0) is 30.9 Å². The van der Waals surface area contributed by atoms with Gasteiger partial charge in [0.25, 0.3) is 11.8 Å². The first-order chi connectivity index (χ1) is 20.4. The molecule has 43 heavy (non-hydrogen) atoms. The van der Waals surface area contributed by atoms with Crippen LogP contribution in [0.1, 0.15) is 49.7 Å². The van der Waals surface area contributed by atoms with Crippen molar-refractivity contribution in [2.24, 2.45) is 5.92 Å². The van der Waals surface area contributed by atoms with Crippen molar-refractivity contribution in [3.63, 3.8) is 0 Å². The number of halogens is 1. The van der Waals surface area contributed by atoms with Gasteiger partial charge in [0, 0.05) is 37.3 Å². The molecule has 0 radical (unpaired) electrons. The van der Waals surface area contributed by atoms with Gasteiger partial charge < -0.3 is 19.7 Å². The molecule has 2 saturated carbocycles. The molecule has 3 aliphatic heterocycles. The second kappa shape index (κ2) is 10.6. The van der Waals surface area contributed by atoms with Crippen LogP contribution in [0.25, 0.3) is 0 Å². The summed E-state index contributed by atoms with van der Waals surface area (Å²) in [6.45, 7) is 3.62. The number of rotatable bonds is 8. The molecular weight excluding hydrogens is 587 g/mol. The summed E-state index contributed by atoms with van der Waals surface area (Å²) in [6, 6.07) is 3.35. The van der Waals surface area contributed by atoms with Gasteiger partial charge in [-0.2, -0.15) is 0 Å². The van der Waals surface area contributed by atoms with Crippen LogP contribution in [0.15, 0.2) is 30.9 Å². The maximum atomic E-state index is 14.2. The predicted molar refractivity (Wildman–Crippen MR) is 144 cm³/mol. The fourth-order valence-electron chi connectivity index (χ4n) is 6.01. The van der Waals surface area contributed by atoms with Crippen molar-refractivity contribution in [1.82, 2.24) is 19.8 Å². The number of fused-ring (bicyclic) bond motifs is 1. The second-order valence-electron chi connectivity index (χ2n) is 11.7. The molecule has 1 aromatic carbocycles. The third-order valence-electron chi connectivity index (χ3n) is 8.71. The predicted octanol–water partition coefficient (Wildman–Crippen LogP) is 0.622. The van der Waals surface area contributed by atoms with E-state index in [4.69, 9.17) is 9.47 Å². The number of benzene rings is 1. The molecule has 2 saturated heterocycles. The molecule has 0 bridgehead atoms. The van der Waals surface area contributed by atoms with E-state index in [0.717, 1.165) is 4.90 Å². The molecule has 13 nitrogen and oxygen atoms in total. The number of sulfonamides is 1. The molecule has 2 aliphatic carbocycles. The number of ether oxygens (including phenoxy) is 2. The van der Waals surface area contributed by atoms with Crippen LogP contribution in [0, 0.1) is 11.7 Å². The molecule has 2 N–H and O–H groups in total. The maximum Gasteiger partial charge on any atom is 0.410 e. The van der Waals surface area contributed by atoms with E-state index < -0.39 is 80.6 Å². The molecule has 4 fully saturated rings. The number of hydrogen-bond acceptors (Lipinski definition) is 9. The Balaban J connectivity index is 1.17. The van der Waals surface area contributed by atoms with Gasteiger partial charge in [0.2, 0.25) is 15.9 Å². The van der Waals surface area contributed by atoms with Gasteiger partial charge in [-0.15, -0.1) is 6.58 Å². The summed E-state index contributed by atoms with van der Waals surface area (Å²) >= 11 is 0. The summed E-state index contributed by atoms with van der Waals surface area (Å²) in [7, 11) is -3.89. The molecule has 2 unspecified atom stereocenters. The van der Waals surface area contributed by atoms with E-state index in [9.17, 15) is 36.8 Å². The molecular formula is C28H31FN4O9S. The van der Waals surface area contributed by atoms with Crippen molar-refractivity contribution in [2.45, 2.75) is 80.7 Å². The Kier molecular flexibility index (Phi) is 7.18. The van der Waals surface area contributed by atoms with E-state index in [1.54, 1.807) is 12.1 Å². The van der Waals surface area contributed by atoms with Crippen LogP contribution in [-0.2, 0) is 51.8 Å². The average Bonchev–Trinajstić information content (AvgIpc) is 3.78. The van der Waals surface area contributed by atoms with E-state index in [1.807, 2.05) is 0 Å². The topological polar surface area (TPSA) is 168 Å². The molecule has 3 heterocycles. The van der Waals surface area contributed by atoms with Gasteiger partial charge in [-0.25, -0.2) is 17.6 Å². The highest BCUT2D eigenvalue weighted by atomic mass is 32.2. The average molecular weight is 619 g/mol. The molecule has 0 spiro atoms. The number of esters is 1. The van der Waals surface area contributed by atoms with Crippen molar-refractivity contribution in [3.8, 4) is 0 Å². The van der Waals surface area contributed by atoms with Crippen LogP contribution >= 0.6 is 0 Å². The molecule has 5 atom stereocenters. The van der Waals surface area contributed by atoms with Crippen molar-refractivity contribution in [1.29, 1.82) is 0 Å². The zero-order valence-electron chi connectivity index (χ0n) is 23.1. The number of nitrogens with one attached hydrogen (secondary N) is 2. The number of hydrogen-bond donors (Lipinski definition) is 2. The number of nitrogens with zero attached hydrogens (tertiary/aromatic N) is 2. The van der Waals surface area contributed by atoms with Crippen LogP contribution in [0.5, 0.6) is 0 Å². The number of carbonyl (C=O) groups excluding carboxylic acids is 5. The van der Waals surface area contributed by atoms with E-state index in [1.165, 1.54) is 17.0 Å². The summed E-state index contributed by atoms with van der Waals surface area (Å²) in [6.07, 6.45) is -0.345. The first-order valence-electron chi connectivity index (χ1n) is 14.1. The Morgan fingerprint density at radius 3 is 2.56 bits per heavy atom. The van der Waals surface area contributed by atoms with E-state index >= 15 is 0 Å². The lowest BCUT2D eigenvalue weighted by atomic mass is 10.1. The molecule has 1 aromatic rings. The Morgan fingerprint density at radius 2 is 1.93 bits per heavy atom. The summed E-state index contributed by atoms with van der Waals surface area (Å²) in [4.78, 5) is 67.4. The van der Waals surface area contributed by atoms with Gasteiger partial charge in [0.15, 0.2) is 6.10 Å². The van der Waals surface area contributed by atoms with Gasteiger partial charge in [-0.3, -0.25) is 28.8 Å². The Hall–Kier alpha value is -4.01. The quantitative estimate of drug-likeness (QED) is 0.313. The van der Waals surface area contributed by atoms with Crippen LogP contribution in [-0.4, -0.2) is 83.6 Å². The highest BCUT2D eigenvalue weighted by Gasteiger charge is 2.62. The molecule has 4 amide bonds. The van der Waals surface area contributed by atoms with Crippen molar-refractivity contribution >= 4 is 39.8 Å². The van der Waals surface area contributed by atoms with Crippen LogP contribution in [0.2, 0.25) is 0 Å². The minimum absolute atomic E-state index is 0.00246. The van der Waals surface area contributed by atoms with Gasteiger partial charge in [0.05, 0.1) is 18.3 Å². The first kappa shape index (κ1) is 29.1. The lowest BCUT2D eigenvalue weighted by molar-refractivity contribution is -0.154. The smallest absolute Gasteiger partial charge is 0.410 e. The maximum absolute atomic E-state index is 14.2. The lowest BCUT2D eigenvalue weighted by Gasteiger charge is -2.27. The normalized spacial score (nSPS) is 29.5. The highest BCUT2D eigenvalue weighted by molar-refractivity contribution is 7.91. The SMILES string of the molecule is C=CC1C[C@]1(NC(=O)[C@@H]1CC(OC(=O)N2Cc3cccc(F)c3C2)CN1C(=O)[C@@H]1CCC(=O)O1)C(=O)NS(=O)(=O)C1CC1. The van der Waals surface area contributed by atoms with Crippen molar-refractivity contribution in [3.05, 3.63) is 47.8 Å². The number of amides is 4. The summed E-state index contributed by atoms with van der Waals surface area (Å²) < 4.78 is 51.9. The van der Waals surface area contributed by atoms with E-state index in [-0.39, 0.29) is 45.3 Å². The van der Waals surface area contributed by atoms with E-state index in [2.05, 4.69) is 16.6 Å². The van der Waals surface area contributed by atoms with Crippen LogP contribution < -0.4 is 10.0 Å². The number of cyclic esters (lactones) is 1. The summed E-state index contributed by atoms with van der Waals surface area (Å²) in [5, 5.41) is 1.99. The lowest BCUT2D eigenvalue weighted by Crippen LogP contribution is -2.57. The zero-order chi connectivity index (χ0) is 30.7. The van der Waals surface area contributed by atoms with Crippen LogP contribution in [0.4, 0.5) is 9.18 Å². The summed E-state index contributed by atoms with van der Waals surface area (Å²) in [5.41, 5.74) is -0.541. The molecule has 15 heteroatoms. The number of likely N-dealkylation sites (tertiary alicyclic amines) is 1. The van der Waals surface area contributed by atoms with Crippen molar-refractivity contribution < 1.29 is 46.3 Å². The fraction of sp³-hybridized carbons (Fsp3) is 0.536. The largest absolute Gasteiger partial charge is 0.452 e. The molecule has 230 valence electrons. The van der Waals surface area contributed by atoms with Crippen LogP contribution in [0.3, 0.4) is 0 Å². The van der Waals surface area contributed by atoms with Gasteiger partial charge in [0.1, 0.15) is 23.5 Å². The Labute approximate surface area is 246 Å². The minimum Gasteiger partial charge on any atom is -0.452 e.